The minimum Gasteiger partial charge on any atom is -0.467 e. The van der Waals surface area contributed by atoms with Crippen LogP contribution in [-0.4, -0.2) is 48.0 Å². The van der Waals surface area contributed by atoms with Crippen molar-refractivity contribution < 1.29 is 13.2 Å². The Bertz CT molecular complexity index is 527. The van der Waals surface area contributed by atoms with Crippen molar-refractivity contribution in [3.05, 3.63) is 0 Å². The number of hydrazine groups is 1. The quantitative estimate of drug-likeness (QED) is 0.468. The zero-order valence-electron chi connectivity index (χ0n) is 10.5. The Morgan fingerprint density at radius 2 is 2.11 bits per heavy atom. The van der Waals surface area contributed by atoms with Crippen LogP contribution < -0.4 is 21.3 Å². The number of anilines is 2. The molecule has 1 aliphatic heterocycles. The van der Waals surface area contributed by atoms with E-state index in [1.807, 2.05) is 0 Å². The van der Waals surface area contributed by atoms with Gasteiger partial charge in [-0.1, -0.05) is 0 Å². The summed E-state index contributed by atoms with van der Waals surface area (Å²) in [6.45, 7) is 0.263. The SMILES string of the molecule is COc1nc(NN)nc(NCC2CCCS2(=O)=O)n1. The van der Waals surface area contributed by atoms with Crippen molar-refractivity contribution in [1.82, 2.24) is 15.0 Å². The van der Waals surface area contributed by atoms with Crippen LogP contribution in [0.15, 0.2) is 0 Å². The van der Waals surface area contributed by atoms with Gasteiger partial charge < -0.3 is 10.1 Å². The molecule has 0 amide bonds. The van der Waals surface area contributed by atoms with Crippen molar-refractivity contribution in [2.45, 2.75) is 18.1 Å². The van der Waals surface area contributed by atoms with Crippen LogP contribution in [0.4, 0.5) is 11.9 Å². The van der Waals surface area contributed by atoms with Gasteiger partial charge in [-0.25, -0.2) is 14.3 Å². The molecule has 1 aromatic heterocycles. The molecule has 1 saturated heterocycles. The predicted octanol–water partition coefficient (Wildman–Crippen LogP) is -0.845. The summed E-state index contributed by atoms with van der Waals surface area (Å²) in [5.74, 6) is 5.83. The van der Waals surface area contributed by atoms with E-state index in [0.29, 0.717) is 12.8 Å². The summed E-state index contributed by atoms with van der Waals surface area (Å²) in [4.78, 5) is 11.8. The van der Waals surface area contributed by atoms with Crippen molar-refractivity contribution in [1.29, 1.82) is 0 Å². The summed E-state index contributed by atoms with van der Waals surface area (Å²) in [6, 6.07) is 0.0970. The van der Waals surface area contributed by atoms with Gasteiger partial charge in [0.15, 0.2) is 9.84 Å². The topological polar surface area (TPSA) is 132 Å². The molecule has 9 nitrogen and oxygen atoms in total. The highest BCUT2D eigenvalue weighted by Gasteiger charge is 2.31. The summed E-state index contributed by atoms with van der Waals surface area (Å²) in [5, 5.41) is 2.48. The molecule has 1 aliphatic rings. The first-order valence-corrected chi connectivity index (χ1v) is 7.49. The number of rotatable bonds is 5. The summed E-state index contributed by atoms with van der Waals surface area (Å²) in [7, 11) is -1.58. The summed E-state index contributed by atoms with van der Waals surface area (Å²) in [6.07, 6.45) is 1.35. The molecule has 2 heterocycles. The minimum atomic E-state index is -2.99. The number of aromatic nitrogens is 3. The number of hydrogen-bond donors (Lipinski definition) is 3. The van der Waals surface area contributed by atoms with Gasteiger partial charge in [0.05, 0.1) is 18.1 Å². The molecule has 10 heteroatoms. The predicted molar refractivity (Wildman–Crippen MR) is 69.5 cm³/mol. The highest BCUT2D eigenvalue weighted by Crippen LogP contribution is 2.20. The first kappa shape index (κ1) is 13.7. The van der Waals surface area contributed by atoms with E-state index in [1.165, 1.54) is 7.11 Å². The lowest BCUT2D eigenvalue weighted by Crippen LogP contribution is -2.26. The van der Waals surface area contributed by atoms with Crippen molar-refractivity contribution >= 4 is 21.7 Å². The number of nitrogens with zero attached hydrogens (tertiary/aromatic N) is 3. The Balaban J connectivity index is 2.07. The first-order valence-electron chi connectivity index (χ1n) is 5.77. The molecule has 4 N–H and O–H groups in total. The molecule has 19 heavy (non-hydrogen) atoms. The number of nitrogen functional groups attached to an aromatic ring is 1. The van der Waals surface area contributed by atoms with E-state index in [-0.39, 0.29) is 30.2 Å². The number of nitrogens with one attached hydrogen (secondary N) is 2. The van der Waals surface area contributed by atoms with Crippen LogP contribution >= 0.6 is 0 Å². The van der Waals surface area contributed by atoms with Crippen LogP contribution in [-0.2, 0) is 9.84 Å². The zero-order chi connectivity index (χ0) is 13.9. The van der Waals surface area contributed by atoms with E-state index in [2.05, 4.69) is 25.7 Å². The van der Waals surface area contributed by atoms with Gasteiger partial charge in [-0.3, -0.25) is 5.43 Å². The van der Waals surface area contributed by atoms with E-state index < -0.39 is 15.1 Å². The third-order valence-electron chi connectivity index (χ3n) is 2.88. The van der Waals surface area contributed by atoms with Crippen molar-refractivity contribution in [2.24, 2.45) is 5.84 Å². The van der Waals surface area contributed by atoms with Gasteiger partial charge in [0, 0.05) is 6.54 Å². The fraction of sp³-hybridized carbons (Fsp3) is 0.667. The van der Waals surface area contributed by atoms with Crippen LogP contribution in [0.2, 0.25) is 0 Å². The fourth-order valence-corrected chi connectivity index (χ4v) is 3.65. The lowest BCUT2D eigenvalue weighted by atomic mass is 10.2. The van der Waals surface area contributed by atoms with Gasteiger partial charge in [-0.2, -0.15) is 15.0 Å². The molecule has 106 valence electrons. The van der Waals surface area contributed by atoms with Gasteiger partial charge in [0.1, 0.15) is 0 Å². The van der Waals surface area contributed by atoms with Gasteiger partial charge in [0.2, 0.25) is 11.9 Å². The van der Waals surface area contributed by atoms with Gasteiger partial charge in [0.25, 0.3) is 0 Å². The zero-order valence-corrected chi connectivity index (χ0v) is 11.3. The van der Waals surface area contributed by atoms with Crippen molar-refractivity contribution in [3.63, 3.8) is 0 Å². The Morgan fingerprint density at radius 1 is 1.37 bits per heavy atom. The second-order valence-corrected chi connectivity index (χ2v) is 6.53. The summed E-state index contributed by atoms with van der Waals surface area (Å²) < 4.78 is 28.3. The van der Waals surface area contributed by atoms with Crippen molar-refractivity contribution in [2.75, 3.05) is 30.1 Å². The number of ether oxygens (including phenoxy) is 1. The Kier molecular flexibility index (Phi) is 4.00. The smallest absolute Gasteiger partial charge is 0.322 e. The second-order valence-electron chi connectivity index (χ2n) is 4.13. The Morgan fingerprint density at radius 3 is 2.68 bits per heavy atom. The first-order chi connectivity index (χ1) is 9.05. The molecule has 1 unspecified atom stereocenters. The maximum Gasteiger partial charge on any atom is 0.322 e. The van der Waals surface area contributed by atoms with Gasteiger partial charge >= 0.3 is 6.01 Å². The Labute approximate surface area is 110 Å². The normalized spacial score (nSPS) is 21.1. The molecule has 1 atom stereocenters. The summed E-state index contributed by atoms with van der Waals surface area (Å²) in [5.41, 5.74) is 2.29. The van der Waals surface area contributed by atoms with E-state index in [1.54, 1.807) is 0 Å². The maximum atomic E-state index is 11.7. The van der Waals surface area contributed by atoms with Crippen molar-refractivity contribution in [3.8, 4) is 6.01 Å². The van der Waals surface area contributed by atoms with E-state index in [0.717, 1.165) is 0 Å². The molecular formula is C9H16N6O3S. The molecule has 0 aliphatic carbocycles. The molecule has 1 aromatic rings. The van der Waals surface area contributed by atoms with E-state index in [4.69, 9.17) is 10.6 Å². The van der Waals surface area contributed by atoms with Crippen LogP contribution in [0, 0.1) is 0 Å². The number of hydrogen-bond acceptors (Lipinski definition) is 9. The maximum absolute atomic E-state index is 11.7. The molecule has 2 rings (SSSR count). The van der Waals surface area contributed by atoms with E-state index >= 15 is 0 Å². The molecule has 0 spiro atoms. The van der Waals surface area contributed by atoms with Crippen LogP contribution in [0.1, 0.15) is 12.8 Å². The molecule has 1 fully saturated rings. The highest BCUT2D eigenvalue weighted by molar-refractivity contribution is 7.92. The van der Waals surface area contributed by atoms with E-state index in [9.17, 15) is 8.42 Å². The fourth-order valence-electron chi connectivity index (χ4n) is 1.88. The molecule has 0 saturated carbocycles. The van der Waals surface area contributed by atoms with Crippen LogP contribution in [0.3, 0.4) is 0 Å². The molecular weight excluding hydrogens is 272 g/mol. The van der Waals surface area contributed by atoms with Gasteiger partial charge in [-0.15, -0.1) is 0 Å². The summed E-state index contributed by atoms with van der Waals surface area (Å²) >= 11 is 0. The van der Waals surface area contributed by atoms with Crippen LogP contribution in [0.5, 0.6) is 6.01 Å². The third-order valence-corrected chi connectivity index (χ3v) is 5.15. The average Bonchev–Trinajstić information content (AvgIpc) is 2.74. The lowest BCUT2D eigenvalue weighted by Gasteiger charge is -2.11. The van der Waals surface area contributed by atoms with Gasteiger partial charge in [-0.05, 0) is 12.8 Å². The highest BCUT2D eigenvalue weighted by atomic mass is 32.2. The molecule has 0 bridgehead atoms. The minimum absolute atomic E-state index is 0.0970. The second kappa shape index (κ2) is 5.53. The molecule has 0 aromatic carbocycles. The number of sulfone groups is 1. The average molecular weight is 288 g/mol. The lowest BCUT2D eigenvalue weighted by molar-refractivity contribution is 0.379. The standard InChI is InChI=1S/C9H16N6O3S/c1-18-9-13-7(12-8(14-9)15-10)11-5-6-3-2-4-19(6,16)17/h6H,2-5,10H2,1H3,(H2,11,12,13,14,15). The third kappa shape index (κ3) is 3.20. The largest absolute Gasteiger partial charge is 0.467 e. The number of nitrogens with two attached hydrogens (primary N) is 1. The molecule has 0 radical (unpaired) electrons. The number of methoxy groups -OCH3 is 1. The van der Waals surface area contributed by atoms with Crippen LogP contribution in [0.25, 0.3) is 0 Å². The monoisotopic (exact) mass is 288 g/mol. The Hall–Kier alpha value is -1.68.